The molecule has 0 amide bonds. The van der Waals surface area contributed by atoms with E-state index in [1.165, 1.54) is 0 Å². The van der Waals surface area contributed by atoms with Crippen molar-refractivity contribution in [1.29, 1.82) is 0 Å². The molecule has 0 radical (unpaired) electrons. The molecule has 2 aromatic carbocycles. The van der Waals surface area contributed by atoms with Gasteiger partial charge < -0.3 is 10.8 Å². The first-order chi connectivity index (χ1) is 13.7. The van der Waals surface area contributed by atoms with Crippen LogP contribution in [0, 0.1) is 0 Å². The molecular formula is C22H28ClN3O3S. The minimum Gasteiger partial charge on any atom is -0.385 e. The van der Waals surface area contributed by atoms with Gasteiger partial charge in [-0.05, 0) is 55.8 Å². The van der Waals surface area contributed by atoms with Crippen molar-refractivity contribution in [2.75, 3.05) is 0 Å². The molecule has 0 saturated carbocycles. The molecule has 3 atom stereocenters. The quantitative estimate of drug-likeness (QED) is 0.489. The Kier molecular flexibility index (Phi) is 7.96. The van der Waals surface area contributed by atoms with Crippen LogP contribution in [0.5, 0.6) is 0 Å². The number of nitrogens with zero attached hydrogens (tertiary/aromatic N) is 1. The van der Waals surface area contributed by atoms with Crippen molar-refractivity contribution in [3.8, 4) is 0 Å². The number of aliphatic hydroxyl groups is 1. The van der Waals surface area contributed by atoms with E-state index in [0.717, 1.165) is 16.3 Å². The highest BCUT2D eigenvalue weighted by atomic mass is 35.5. The smallest absolute Gasteiger partial charge is 0.240 e. The zero-order chi connectivity index (χ0) is 21.1. The molecular weight excluding hydrogens is 422 g/mol. The van der Waals surface area contributed by atoms with Gasteiger partial charge >= 0.3 is 0 Å². The maximum Gasteiger partial charge on any atom is 0.240 e. The Morgan fingerprint density at radius 2 is 1.83 bits per heavy atom. The summed E-state index contributed by atoms with van der Waals surface area (Å²) >= 11 is 0. The van der Waals surface area contributed by atoms with Gasteiger partial charge in [-0.2, -0.15) is 0 Å². The summed E-state index contributed by atoms with van der Waals surface area (Å²) < 4.78 is 28.2. The molecule has 0 aliphatic carbocycles. The van der Waals surface area contributed by atoms with Crippen LogP contribution < -0.4 is 10.5 Å². The molecule has 162 valence electrons. The van der Waals surface area contributed by atoms with Gasteiger partial charge in [0.2, 0.25) is 10.0 Å². The third kappa shape index (κ3) is 6.00. The number of hydrogen-bond donors (Lipinski definition) is 3. The number of hydrogen-bond acceptors (Lipinski definition) is 5. The van der Waals surface area contributed by atoms with Crippen LogP contribution in [-0.2, 0) is 15.6 Å². The van der Waals surface area contributed by atoms with E-state index in [-0.39, 0.29) is 29.4 Å². The summed E-state index contributed by atoms with van der Waals surface area (Å²) in [6.45, 7) is 3.50. The first-order valence-electron chi connectivity index (χ1n) is 9.57. The van der Waals surface area contributed by atoms with Crippen molar-refractivity contribution in [3.05, 3.63) is 72.6 Å². The highest BCUT2D eigenvalue weighted by molar-refractivity contribution is 7.89. The van der Waals surface area contributed by atoms with Gasteiger partial charge in [0.05, 0.1) is 10.5 Å². The van der Waals surface area contributed by atoms with Gasteiger partial charge in [0.15, 0.2) is 0 Å². The number of pyridine rings is 1. The number of nitrogens with two attached hydrogens (primary N) is 1. The average Bonchev–Trinajstić information content (AvgIpc) is 2.67. The van der Waals surface area contributed by atoms with E-state index in [0.29, 0.717) is 12.8 Å². The monoisotopic (exact) mass is 449 g/mol. The Morgan fingerprint density at radius 3 is 2.53 bits per heavy atom. The third-order valence-corrected chi connectivity index (χ3v) is 6.58. The van der Waals surface area contributed by atoms with Gasteiger partial charge in [0, 0.05) is 29.9 Å². The highest BCUT2D eigenvalue weighted by Gasteiger charge is 2.27. The van der Waals surface area contributed by atoms with Crippen LogP contribution in [0.2, 0.25) is 0 Å². The second kappa shape index (κ2) is 9.85. The van der Waals surface area contributed by atoms with Crippen molar-refractivity contribution in [2.45, 2.75) is 49.3 Å². The highest BCUT2D eigenvalue weighted by Crippen LogP contribution is 2.26. The zero-order valence-corrected chi connectivity index (χ0v) is 18.7. The third-order valence-electron chi connectivity index (χ3n) is 4.99. The Hall–Kier alpha value is -2.03. The van der Waals surface area contributed by atoms with E-state index in [1.54, 1.807) is 50.5 Å². The minimum atomic E-state index is -3.68. The molecule has 0 aliphatic rings. The fraction of sp³-hybridized carbons (Fsp3) is 0.318. The Balaban J connectivity index is 0.00000320. The molecule has 1 heterocycles. The summed E-state index contributed by atoms with van der Waals surface area (Å²) in [6.07, 6.45) is 4.05. The van der Waals surface area contributed by atoms with Crippen LogP contribution in [0.25, 0.3) is 10.8 Å². The van der Waals surface area contributed by atoms with E-state index in [1.807, 2.05) is 30.3 Å². The molecule has 0 aliphatic heterocycles. The van der Waals surface area contributed by atoms with Crippen molar-refractivity contribution in [2.24, 2.45) is 5.73 Å². The number of benzene rings is 2. The van der Waals surface area contributed by atoms with Crippen LogP contribution in [0.4, 0.5) is 0 Å². The van der Waals surface area contributed by atoms with Crippen molar-refractivity contribution in [1.82, 2.24) is 9.71 Å². The maximum absolute atomic E-state index is 12.8. The SMILES string of the molecule is C[C@H](CC(N)CC(C)(O)c1ccccc1)NS(=O)(=O)c1ccc2cnccc2c1.Cl. The molecule has 0 spiro atoms. The van der Waals surface area contributed by atoms with Crippen molar-refractivity contribution in [3.63, 3.8) is 0 Å². The van der Waals surface area contributed by atoms with Crippen LogP contribution in [-0.4, -0.2) is 30.6 Å². The fourth-order valence-corrected chi connectivity index (χ4v) is 4.86. The summed E-state index contributed by atoms with van der Waals surface area (Å²) in [5, 5.41) is 12.4. The van der Waals surface area contributed by atoms with E-state index in [4.69, 9.17) is 5.73 Å². The van der Waals surface area contributed by atoms with Crippen molar-refractivity contribution >= 4 is 33.2 Å². The van der Waals surface area contributed by atoms with E-state index in [2.05, 4.69) is 9.71 Å². The van der Waals surface area contributed by atoms with Gasteiger partial charge in [-0.1, -0.05) is 36.4 Å². The standard InChI is InChI=1S/C22H27N3O3S.ClH/c1-16(12-20(23)14-22(2,26)19-6-4-3-5-7-19)25-29(27,28)21-9-8-18-15-24-11-10-17(18)13-21;/h3-11,13,15-16,20,25-26H,12,14,23H2,1-2H3;1H/t16-,20?,22?;/m1./s1. The summed E-state index contributed by atoms with van der Waals surface area (Å²) in [4.78, 5) is 4.24. The van der Waals surface area contributed by atoms with Gasteiger partial charge in [0.1, 0.15) is 0 Å². The molecule has 3 aromatic rings. The maximum atomic E-state index is 12.8. The van der Waals surface area contributed by atoms with Crippen molar-refractivity contribution < 1.29 is 13.5 Å². The summed E-state index contributed by atoms with van der Waals surface area (Å²) in [7, 11) is -3.68. The molecule has 2 unspecified atom stereocenters. The molecule has 8 heteroatoms. The number of fused-ring (bicyclic) bond motifs is 1. The van der Waals surface area contributed by atoms with E-state index in [9.17, 15) is 13.5 Å². The lowest BCUT2D eigenvalue weighted by Gasteiger charge is -2.28. The first-order valence-corrected chi connectivity index (χ1v) is 11.1. The normalized spacial score (nSPS) is 15.7. The van der Waals surface area contributed by atoms with Crippen LogP contribution in [0.1, 0.15) is 32.3 Å². The number of nitrogens with one attached hydrogen (secondary N) is 1. The van der Waals surface area contributed by atoms with Gasteiger partial charge in [0.25, 0.3) is 0 Å². The average molecular weight is 450 g/mol. The molecule has 0 bridgehead atoms. The molecule has 3 rings (SSSR count). The van der Waals surface area contributed by atoms with Crippen LogP contribution in [0.3, 0.4) is 0 Å². The molecule has 4 N–H and O–H groups in total. The first kappa shape index (κ1) is 24.2. The topological polar surface area (TPSA) is 105 Å². The molecule has 30 heavy (non-hydrogen) atoms. The largest absolute Gasteiger partial charge is 0.385 e. The van der Waals surface area contributed by atoms with Crippen LogP contribution in [0.15, 0.2) is 71.9 Å². The molecule has 6 nitrogen and oxygen atoms in total. The second-order valence-electron chi connectivity index (χ2n) is 7.75. The molecule has 0 fully saturated rings. The number of aromatic nitrogens is 1. The van der Waals surface area contributed by atoms with E-state index >= 15 is 0 Å². The lowest BCUT2D eigenvalue weighted by Crippen LogP contribution is -2.40. The number of sulfonamides is 1. The van der Waals surface area contributed by atoms with Gasteiger partial charge in [-0.3, -0.25) is 4.98 Å². The lowest BCUT2D eigenvalue weighted by atomic mass is 9.87. The predicted molar refractivity (Wildman–Crippen MR) is 122 cm³/mol. The predicted octanol–water partition coefficient (Wildman–Crippen LogP) is 3.34. The zero-order valence-electron chi connectivity index (χ0n) is 17.0. The Bertz CT molecular complexity index is 1080. The summed E-state index contributed by atoms with van der Waals surface area (Å²) in [5.41, 5.74) is 5.94. The number of rotatable bonds is 8. The van der Waals surface area contributed by atoms with Gasteiger partial charge in [-0.15, -0.1) is 12.4 Å². The molecule has 1 aromatic heterocycles. The van der Waals surface area contributed by atoms with Gasteiger partial charge in [-0.25, -0.2) is 13.1 Å². The lowest BCUT2D eigenvalue weighted by molar-refractivity contribution is 0.0391. The summed E-state index contributed by atoms with van der Waals surface area (Å²) in [6, 6.07) is 15.3. The Labute approximate surface area is 184 Å². The van der Waals surface area contributed by atoms with E-state index < -0.39 is 15.6 Å². The fourth-order valence-electron chi connectivity index (χ4n) is 3.57. The Morgan fingerprint density at radius 1 is 1.13 bits per heavy atom. The number of halogens is 1. The second-order valence-corrected chi connectivity index (χ2v) is 9.46. The molecule has 0 saturated heterocycles. The summed E-state index contributed by atoms with van der Waals surface area (Å²) in [5.74, 6) is 0. The minimum absolute atomic E-state index is 0. The van der Waals surface area contributed by atoms with Crippen LogP contribution >= 0.6 is 12.4 Å².